The number of pyridine rings is 2. The molecule has 2 aliphatic carbocycles. The van der Waals surface area contributed by atoms with Crippen LogP contribution < -0.4 is 15.6 Å². The molecular formula is C31H34F4N4O2. The van der Waals surface area contributed by atoms with Crippen LogP contribution in [0.25, 0.3) is 16.7 Å². The predicted molar refractivity (Wildman–Crippen MR) is 149 cm³/mol. The maximum absolute atomic E-state index is 15.8. The molecule has 1 saturated heterocycles. The van der Waals surface area contributed by atoms with Crippen LogP contribution in [-0.2, 0) is 0 Å². The van der Waals surface area contributed by atoms with Crippen LogP contribution in [0.3, 0.4) is 0 Å². The zero-order valence-corrected chi connectivity index (χ0v) is 23.2. The molecule has 1 aliphatic heterocycles. The van der Waals surface area contributed by atoms with Crippen LogP contribution in [0, 0.1) is 23.5 Å². The molecule has 4 unspecified atom stereocenters. The number of anilines is 1. The third-order valence-electron chi connectivity index (χ3n) is 9.18. The average Bonchev–Trinajstić information content (AvgIpc) is 3.34. The van der Waals surface area contributed by atoms with E-state index in [1.165, 1.54) is 22.9 Å². The Morgan fingerprint density at radius 1 is 1.17 bits per heavy atom. The minimum atomic E-state index is -1.40. The van der Waals surface area contributed by atoms with E-state index in [2.05, 4.69) is 17.2 Å². The maximum atomic E-state index is 15.8. The van der Waals surface area contributed by atoms with Gasteiger partial charge in [0.05, 0.1) is 17.6 Å². The molecule has 3 heterocycles. The monoisotopic (exact) mass is 570 g/mol. The lowest BCUT2D eigenvalue weighted by Crippen LogP contribution is -2.60. The van der Waals surface area contributed by atoms with E-state index in [4.69, 9.17) is 0 Å². The molecule has 2 saturated carbocycles. The zero-order chi connectivity index (χ0) is 29.1. The summed E-state index contributed by atoms with van der Waals surface area (Å²) >= 11 is 0. The van der Waals surface area contributed by atoms with Crippen LogP contribution in [0.5, 0.6) is 0 Å². The number of hydrogen-bond donors (Lipinski definition) is 1. The number of carbonyl (C=O) groups excluding carboxylic acids is 1. The van der Waals surface area contributed by atoms with Gasteiger partial charge in [-0.3, -0.25) is 14.2 Å². The Kier molecular flexibility index (Phi) is 6.85. The quantitative estimate of drug-likeness (QED) is 0.381. The Morgan fingerprint density at radius 2 is 1.98 bits per heavy atom. The highest BCUT2D eigenvalue weighted by atomic mass is 19.1. The second kappa shape index (κ2) is 10.1. The van der Waals surface area contributed by atoms with Crippen LogP contribution in [0.2, 0.25) is 0 Å². The molecule has 218 valence electrons. The Balaban J connectivity index is 1.46. The largest absolute Gasteiger partial charge is 0.354 e. The number of hydrogen-bond acceptors (Lipinski definition) is 4. The number of alkyl halides is 2. The van der Waals surface area contributed by atoms with E-state index in [-0.39, 0.29) is 47.1 Å². The number of nitrogens with zero attached hydrogens (tertiary/aromatic N) is 3. The number of carbonyl (C=O) groups is 1. The summed E-state index contributed by atoms with van der Waals surface area (Å²) < 4.78 is 59.8. The van der Waals surface area contributed by atoms with Crippen LogP contribution in [0.4, 0.5) is 23.4 Å². The highest BCUT2D eigenvalue weighted by Crippen LogP contribution is 2.51. The van der Waals surface area contributed by atoms with Gasteiger partial charge in [0, 0.05) is 30.8 Å². The molecule has 6 nitrogen and oxygen atoms in total. The number of aromatic nitrogens is 2. The first kappa shape index (κ1) is 27.7. The summed E-state index contributed by atoms with van der Waals surface area (Å²) in [5.41, 5.74) is -3.07. The second-order valence-electron chi connectivity index (χ2n) is 12.4. The molecule has 10 heteroatoms. The minimum absolute atomic E-state index is 0.0607. The standard InChI is InChI=1S/C31H34F4N4O2/c1-3-30(35)13-19-10-18(2)12-31(14-19,17-30)37-29(41)23-16-39(25-6-4-20(32)11-24(25)34)28-22(27(23)40)5-7-26(36-28)38-9-8-21(33)15-38/h4-7,11,16,18-19,21H,3,8-10,12-15,17H2,1-2H3,(H,37,41)/t18?,19?,21-,30?,31?/m0/s1. The van der Waals surface area contributed by atoms with Gasteiger partial charge in [-0.1, -0.05) is 13.8 Å². The smallest absolute Gasteiger partial charge is 0.257 e. The molecule has 41 heavy (non-hydrogen) atoms. The van der Waals surface area contributed by atoms with E-state index in [1.54, 1.807) is 11.0 Å². The SMILES string of the molecule is CCC1(F)CC2CC(C)CC(NC(=O)c3cn(-c4ccc(F)cc4F)c4nc(N5CC[C@H](F)C5)ccc4c3=O)(C2)C1. The Bertz CT molecular complexity index is 1570. The molecule has 3 aliphatic rings. The van der Waals surface area contributed by atoms with Crippen LogP contribution in [0.15, 0.2) is 41.3 Å². The fraction of sp³-hybridized carbons (Fsp3) is 0.516. The Labute approximate surface area is 235 Å². The average molecular weight is 571 g/mol. The van der Waals surface area contributed by atoms with E-state index >= 15 is 8.78 Å². The lowest BCUT2D eigenvalue weighted by molar-refractivity contribution is -0.0262. The van der Waals surface area contributed by atoms with Crippen molar-refractivity contribution >= 4 is 22.8 Å². The van der Waals surface area contributed by atoms with Gasteiger partial charge in [-0.05, 0) is 74.6 Å². The van der Waals surface area contributed by atoms with Crippen LogP contribution >= 0.6 is 0 Å². The van der Waals surface area contributed by atoms with Crippen molar-refractivity contribution in [2.75, 3.05) is 18.0 Å². The summed E-state index contributed by atoms with van der Waals surface area (Å²) in [5, 5.41) is 3.11. The van der Waals surface area contributed by atoms with Crippen molar-refractivity contribution in [3.8, 4) is 5.69 Å². The fourth-order valence-corrected chi connectivity index (χ4v) is 7.58. The molecule has 1 aromatic carbocycles. The highest BCUT2D eigenvalue weighted by Gasteiger charge is 2.52. The third-order valence-corrected chi connectivity index (χ3v) is 9.18. The highest BCUT2D eigenvalue weighted by molar-refractivity contribution is 5.97. The van der Waals surface area contributed by atoms with Gasteiger partial charge >= 0.3 is 0 Å². The molecule has 2 aromatic heterocycles. The van der Waals surface area contributed by atoms with Crippen molar-refractivity contribution in [3.63, 3.8) is 0 Å². The molecule has 1 amide bonds. The summed E-state index contributed by atoms with van der Waals surface area (Å²) in [4.78, 5) is 33.9. The zero-order valence-electron chi connectivity index (χ0n) is 23.2. The van der Waals surface area contributed by atoms with E-state index < -0.39 is 40.3 Å². The third kappa shape index (κ3) is 5.10. The molecule has 1 N–H and O–H groups in total. The molecule has 6 rings (SSSR count). The second-order valence-corrected chi connectivity index (χ2v) is 12.4. The van der Waals surface area contributed by atoms with Gasteiger partial charge in [-0.15, -0.1) is 0 Å². The maximum Gasteiger partial charge on any atom is 0.257 e. The Morgan fingerprint density at radius 3 is 2.68 bits per heavy atom. The lowest BCUT2D eigenvalue weighted by atomic mass is 9.59. The molecule has 2 bridgehead atoms. The first-order chi connectivity index (χ1) is 19.5. The molecule has 3 aromatic rings. The van der Waals surface area contributed by atoms with Crippen molar-refractivity contribution in [2.45, 2.75) is 76.2 Å². The van der Waals surface area contributed by atoms with E-state index in [0.29, 0.717) is 50.5 Å². The van der Waals surface area contributed by atoms with E-state index in [9.17, 15) is 18.4 Å². The van der Waals surface area contributed by atoms with Crippen molar-refractivity contribution in [2.24, 2.45) is 11.8 Å². The lowest BCUT2D eigenvalue weighted by Gasteiger charge is -2.52. The molecule has 3 fully saturated rings. The summed E-state index contributed by atoms with van der Waals surface area (Å²) in [6, 6.07) is 6.09. The number of fused-ring (bicyclic) bond motifs is 3. The number of halogens is 4. The number of nitrogens with one attached hydrogen (secondary N) is 1. The van der Waals surface area contributed by atoms with E-state index in [1.807, 2.05) is 6.92 Å². The van der Waals surface area contributed by atoms with Gasteiger partial charge in [0.1, 0.15) is 34.9 Å². The van der Waals surface area contributed by atoms with Crippen molar-refractivity contribution in [1.29, 1.82) is 0 Å². The normalized spacial score (nSPS) is 29.6. The topological polar surface area (TPSA) is 67.2 Å². The molecule has 5 atom stereocenters. The van der Waals surface area contributed by atoms with Gasteiger partial charge in [0.2, 0.25) is 5.43 Å². The predicted octanol–water partition coefficient (Wildman–Crippen LogP) is 6.03. The first-order valence-corrected chi connectivity index (χ1v) is 14.4. The summed E-state index contributed by atoms with van der Waals surface area (Å²) in [5.74, 6) is -1.51. The van der Waals surface area contributed by atoms with E-state index in [0.717, 1.165) is 12.5 Å². The Hall–Kier alpha value is -3.43. The fourth-order valence-electron chi connectivity index (χ4n) is 7.58. The van der Waals surface area contributed by atoms with Gasteiger partial charge < -0.3 is 10.2 Å². The first-order valence-electron chi connectivity index (χ1n) is 14.4. The number of amides is 1. The molecular weight excluding hydrogens is 536 g/mol. The summed E-state index contributed by atoms with van der Waals surface area (Å²) in [6.45, 7) is 4.49. The van der Waals surface area contributed by atoms with Crippen LogP contribution in [0.1, 0.15) is 69.2 Å². The summed E-state index contributed by atoms with van der Waals surface area (Å²) in [7, 11) is 0. The summed E-state index contributed by atoms with van der Waals surface area (Å²) in [6.07, 6.45) is 3.68. The van der Waals surface area contributed by atoms with Gasteiger partial charge in [-0.2, -0.15) is 0 Å². The van der Waals surface area contributed by atoms with Gasteiger partial charge in [0.15, 0.2) is 5.65 Å². The number of rotatable bonds is 5. The van der Waals surface area contributed by atoms with Gasteiger partial charge in [0.25, 0.3) is 5.91 Å². The van der Waals surface area contributed by atoms with Gasteiger partial charge in [-0.25, -0.2) is 22.5 Å². The van der Waals surface area contributed by atoms with Crippen molar-refractivity contribution in [1.82, 2.24) is 14.9 Å². The molecule has 0 radical (unpaired) electrons. The molecule has 0 spiro atoms. The van der Waals surface area contributed by atoms with Crippen molar-refractivity contribution in [3.05, 3.63) is 63.9 Å². The van der Waals surface area contributed by atoms with Crippen LogP contribution in [-0.4, -0.2) is 45.9 Å². The number of benzene rings is 1. The minimum Gasteiger partial charge on any atom is -0.354 e. The van der Waals surface area contributed by atoms with Crippen molar-refractivity contribution < 1.29 is 22.4 Å².